The first-order valence-electron chi connectivity index (χ1n) is 7.10. The van der Waals surface area contributed by atoms with E-state index in [0.717, 1.165) is 5.56 Å². The SMILES string of the molecule is COc1cc(O)c2c(c1)OCC1(Cc3cc(O)c(O)cc31)C2=O. The maximum absolute atomic E-state index is 13.0. The van der Waals surface area contributed by atoms with Crippen molar-refractivity contribution in [3.05, 3.63) is 41.0 Å². The number of ether oxygens (including phenoxy) is 2. The van der Waals surface area contributed by atoms with Crippen molar-refractivity contribution in [2.75, 3.05) is 13.7 Å². The van der Waals surface area contributed by atoms with Crippen LogP contribution in [-0.4, -0.2) is 34.8 Å². The lowest BCUT2D eigenvalue weighted by atomic mass is 9.60. The number of phenolic OH excluding ortho intramolecular Hbond substituents is 3. The van der Waals surface area contributed by atoms with Crippen LogP contribution in [0, 0.1) is 0 Å². The molecule has 1 heterocycles. The molecule has 0 aromatic heterocycles. The number of ketones is 1. The monoisotopic (exact) mass is 314 g/mol. The molecule has 118 valence electrons. The molecule has 2 aromatic rings. The molecule has 0 bridgehead atoms. The van der Waals surface area contributed by atoms with E-state index < -0.39 is 5.41 Å². The smallest absolute Gasteiger partial charge is 0.184 e. The van der Waals surface area contributed by atoms with Crippen molar-refractivity contribution >= 4 is 5.78 Å². The first-order valence-corrected chi connectivity index (χ1v) is 7.10. The van der Waals surface area contributed by atoms with E-state index in [1.807, 2.05) is 0 Å². The highest BCUT2D eigenvalue weighted by atomic mass is 16.5. The molecule has 0 amide bonds. The zero-order valence-corrected chi connectivity index (χ0v) is 12.3. The van der Waals surface area contributed by atoms with Crippen molar-refractivity contribution in [1.29, 1.82) is 0 Å². The number of carbonyl (C=O) groups excluding carboxylic acids is 1. The van der Waals surface area contributed by atoms with Gasteiger partial charge in [-0.2, -0.15) is 0 Å². The van der Waals surface area contributed by atoms with Crippen molar-refractivity contribution in [3.8, 4) is 28.7 Å². The fraction of sp³-hybridized carbons (Fsp3) is 0.235. The molecule has 1 unspecified atom stereocenters. The van der Waals surface area contributed by atoms with Crippen LogP contribution in [0.25, 0.3) is 0 Å². The Morgan fingerprint density at radius 3 is 2.57 bits per heavy atom. The van der Waals surface area contributed by atoms with Gasteiger partial charge in [0.25, 0.3) is 0 Å². The number of aromatic hydroxyl groups is 3. The summed E-state index contributed by atoms with van der Waals surface area (Å²) >= 11 is 0. The summed E-state index contributed by atoms with van der Waals surface area (Å²) in [5.41, 5.74) is 0.599. The van der Waals surface area contributed by atoms with Crippen molar-refractivity contribution in [1.82, 2.24) is 0 Å². The van der Waals surface area contributed by atoms with Gasteiger partial charge in [-0.25, -0.2) is 0 Å². The molecule has 0 saturated carbocycles. The third-order valence-electron chi connectivity index (χ3n) is 4.63. The maximum Gasteiger partial charge on any atom is 0.184 e. The second-order valence-corrected chi connectivity index (χ2v) is 5.89. The number of methoxy groups -OCH3 is 1. The highest BCUT2D eigenvalue weighted by Gasteiger charge is 2.54. The lowest BCUT2D eigenvalue weighted by Gasteiger charge is -2.45. The molecular weight excluding hydrogens is 300 g/mol. The van der Waals surface area contributed by atoms with Crippen LogP contribution < -0.4 is 9.47 Å². The predicted molar refractivity (Wildman–Crippen MR) is 79.6 cm³/mol. The van der Waals surface area contributed by atoms with E-state index in [0.29, 0.717) is 17.7 Å². The molecule has 1 atom stereocenters. The van der Waals surface area contributed by atoms with Gasteiger partial charge in [-0.1, -0.05) is 0 Å². The van der Waals surface area contributed by atoms with Crippen LogP contribution in [0.5, 0.6) is 28.7 Å². The summed E-state index contributed by atoms with van der Waals surface area (Å²) in [6.07, 6.45) is 0.389. The van der Waals surface area contributed by atoms with Crippen molar-refractivity contribution < 1.29 is 29.6 Å². The number of carbonyl (C=O) groups is 1. The topological polar surface area (TPSA) is 96.2 Å². The van der Waals surface area contributed by atoms with Gasteiger partial charge >= 0.3 is 0 Å². The lowest BCUT2D eigenvalue weighted by molar-refractivity contribution is 0.0723. The van der Waals surface area contributed by atoms with E-state index in [1.165, 1.54) is 25.3 Å². The van der Waals surface area contributed by atoms with E-state index in [2.05, 4.69) is 0 Å². The molecule has 1 aliphatic heterocycles. The van der Waals surface area contributed by atoms with Crippen LogP contribution >= 0.6 is 0 Å². The van der Waals surface area contributed by atoms with Crippen LogP contribution in [0.1, 0.15) is 21.5 Å². The molecule has 1 spiro atoms. The molecule has 4 rings (SSSR count). The van der Waals surface area contributed by atoms with E-state index in [1.54, 1.807) is 6.07 Å². The molecule has 23 heavy (non-hydrogen) atoms. The molecule has 1 aliphatic carbocycles. The minimum absolute atomic E-state index is 0.114. The zero-order valence-electron chi connectivity index (χ0n) is 12.3. The van der Waals surface area contributed by atoms with Crippen LogP contribution in [0.3, 0.4) is 0 Å². The summed E-state index contributed by atoms with van der Waals surface area (Å²) in [6.45, 7) is 0.114. The molecule has 6 nitrogen and oxygen atoms in total. The molecule has 0 fully saturated rings. The Labute approximate surface area is 131 Å². The quantitative estimate of drug-likeness (QED) is 0.696. The number of phenols is 3. The van der Waals surface area contributed by atoms with Gasteiger partial charge in [0.2, 0.25) is 0 Å². The molecular formula is C17H14O6. The highest BCUT2D eigenvalue weighted by molar-refractivity contribution is 6.11. The Morgan fingerprint density at radius 1 is 1.09 bits per heavy atom. The Bertz CT molecular complexity index is 857. The number of Topliss-reactive ketones (excluding diaryl/α,β-unsaturated/α-hetero) is 1. The third-order valence-corrected chi connectivity index (χ3v) is 4.63. The molecule has 2 aromatic carbocycles. The molecule has 0 saturated heterocycles. The van der Waals surface area contributed by atoms with Gasteiger partial charge in [-0.15, -0.1) is 0 Å². The average Bonchev–Trinajstić information content (AvgIpc) is 2.52. The molecule has 3 N–H and O–H groups in total. The normalized spacial score (nSPS) is 21.2. The Hall–Kier alpha value is -2.89. The van der Waals surface area contributed by atoms with Crippen LogP contribution in [0.15, 0.2) is 24.3 Å². The number of hydrogen-bond acceptors (Lipinski definition) is 6. The van der Waals surface area contributed by atoms with Gasteiger partial charge in [-0.3, -0.25) is 4.79 Å². The van der Waals surface area contributed by atoms with Gasteiger partial charge in [0, 0.05) is 12.1 Å². The van der Waals surface area contributed by atoms with E-state index in [9.17, 15) is 20.1 Å². The summed E-state index contributed by atoms with van der Waals surface area (Å²) in [4.78, 5) is 13.0. The second kappa shape index (κ2) is 4.32. The van der Waals surface area contributed by atoms with Crippen LogP contribution in [0.4, 0.5) is 0 Å². The number of fused-ring (bicyclic) bond motifs is 3. The summed E-state index contributed by atoms with van der Waals surface area (Å²) in [5.74, 6) is -0.247. The average molecular weight is 314 g/mol. The van der Waals surface area contributed by atoms with Gasteiger partial charge in [0.1, 0.15) is 29.4 Å². The second-order valence-electron chi connectivity index (χ2n) is 5.89. The van der Waals surface area contributed by atoms with E-state index in [4.69, 9.17) is 9.47 Å². The predicted octanol–water partition coefficient (Wildman–Crippen LogP) is 1.88. The highest BCUT2D eigenvalue weighted by Crippen LogP contribution is 2.52. The first kappa shape index (κ1) is 13.8. The van der Waals surface area contributed by atoms with Crippen LogP contribution in [-0.2, 0) is 11.8 Å². The molecule has 0 radical (unpaired) electrons. The summed E-state index contributed by atoms with van der Waals surface area (Å²) in [7, 11) is 1.46. The van der Waals surface area contributed by atoms with Crippen molar-refractivity contribution in [3.63, 3.8) is 0 Å². The van der Waals surface area contributed by atoms with Gasteiger partial charge in [0.05, 0.1) is 12.5 Å². The van der Waals surface area contributed by atoms with Crippen molar-refractivity contribution in [2.24, 2.45) is 0 Å². The third kappa shape index (κ3) is 1.66. The standard InChI is InChI=1S/C17H14O6/c1-22-9-3-13(20)15-14(4-9)23-7-17(16(15)21)6-8-2-11(18)12(19)5-10(8)17/h2-5,18-20H,6-7H2,1H3. The van der Waals surface area contributed by atoms with E-state index >= 15 is 0 Å². The number of rotatable bonds is 1. The fourth-order valence-electron chi connectivity index (χ4n) is 3.40. The zero-order chi connectivity index (χ0) is 16.4. The minimum Gasteiger partial charge on any atom is -0.507 e. The maximum atomic E-state index is 13.0. The summed E-state index contributed by atoms with van der Waals surface area (Å²) in [5, 5.41) is 29.4. The number of benzene rings is 2. The number of hydrogen-bond donors (Lipinski definition) is 3. The van der Waals surface area contributed by atoms with Crippen molar-refractivity contribution in [2.45, 2.75) is 11.8 Å². The molecule has 6 heteroatoms. The minimum atomic E-state index is -0.931. The first-order chi connectivity index (χ1) is 11.0. The van der Waals surface area contributed by atoms with Gasteiger partial charge in [-0.05, 0) is 29.7 Å². The summed E-state index contributed by atoms with van der Waals surface area (Å²) < 4.78 is 10.8. The Morgan fingerprint density at radius 2 is 1.83 bits per heavy atom. The van der Waals surface area contributed by atoms with E-state index in [-0.39, 0.29) is 41.0 Å². The van der Waals surface area contributed by atoms with Crippen LogP contribution in [0.2, 0.25) is 0 Å². The molecule has 2 aliphatic rings. The largest absolute Gasteiger partial charge is 0.507 e. The Kier molecular flexibility index (Phi) is 2.58. The van der Waals surface area contributed by atoms with Gasteiger partial charge < -0.3 is 24.8 Å². The lowest BCUT2D eigenvalue weighted by Crippen LogP contribution is -2.52. The fourth-order valence-corrected chi connectivity index (χ4v) is 3.40. The van der Waals surface area contributed by atoms with Gasteiger partial charge in [0.15, 0.2) is 17.3 Å². The summed E-state index contributed by atoms with van der Waals surface area (Å²) in [6, 6.07) is 5.77. The Balaban J connectivity index is 1.84.